The third-order valence-electron chi connectivity index (χ3n) is 4.51. The van der Waals surface area contributed by atoms with Crippen LogP contribution in [-0.4, -0.2) is 15.9 Å². The molecule has 5 nitrogen and oxygen atoms in total. The van der Waals surface area contributed by atoms with E-state index in [1.165, 1.54) is 5.56 Å². The Hall–Kier alpha value is -2.95. The quantitative estimate of drug-likeness (QED) is 0.716. The predicted molar refractivity (Wildman–Crippen MR) is 103 cm³/mol. The van der Waals surface area contributed by atoms with E-state index in [1.807, 2.05) is 56.3 Å². The molecule has 0 radical (unpaired) electrons. The van der Waals surface area contributed by atoms with Crippen molar-refractivity contribution in [1.29, 1.82) is 0 Å². The van der Waals surface area contributed by atoms with E-state index in [0.717, 1.165) is 5.56 Å². The first-order valence-corrected chi connectivity index (χ1v) is 8.87. The van der Waals surface area contributed by atoms with Crippen LogP contribution in [0.1, 0.15) is 42.8 Å². The zero-order valence-corrected chi connectivity index (χ0v) is 15.1. The number of nitrogens with zero attached hydrogens (tertiary/aromatic N) is 1. The van der Waals surface area contributed by atoms with E-state index in [-0.39, 0.29) is 17.5 Å². The molecule has 1 unspecified atom stereocenters. The van der Waals surface area contributed by atoms with Gasteiger partial charge in [0.1, 0.15) is 5.82 Å². The number of aromatic amines is 1. The smallest absolute Gasteiger partial charge is 0.258 e. The average molecular weight is 349 g/mol. The first kappa shape index (κ1) is 17.9. The lowest BCUT2D eigenvalue weighted by Crippen LogP contribution is -2.27. The Morgan fingerprint density at radius 3 is 2.69 bits per heavy atom. The number of nitrogens with one attached hydrogen (secondary N) is 2. The van der Waals surface area contributed by atoms with Crippen LogP contribution >= 0.6 is 0 Å². The van der Waals surface area contributed by atoms with Crippen molar-refractivity contribution in [2.24, 2.45) is 0 Å². The highest BCUT2D eigenvalue weighted by Crippen LogP contribution is 2.17. The Balaban J connectivity index is 1.56. The molecule has 5 heteroatoms. The summed E-state index contributed by atoms with van der Waals surface area (Å²) in [6.07, 6.45) is 1.59. The van der Waals surface area contributed by atoms with Gasteiger partial charge in [0.05, 0.1) is 16.9 Å². The molecule has 3 aromatic rings. The van der Waals surface area contributed by atoms with Crippen LogP contribution in [0.15, 0.2) is 53.3 Å². The number of para-hydroxylation sites is 1. The molecule has 2 aromatic carbocycles. The van der Waals surface area contributed by atoms with Gasteiger partial charge in [-0.15, -0.1) is 0 Å². The normalized spacial score (nSPS) is 12.1. The summed E-state index contributed by atoms with van der Waals surface area (Å²) in [6.45, 7) is 4.03. The van der Waals surface area contributed by atoms with Crippen molar-refractivity contribution in [3.05, 3.63) is 75.8 Å². The van der Waals surface area contributed by atoms with Gasteiger partial charge in [-0.1, -0.05) is 36.4 Å². The summed E-state index contributed by atoms with van der Waals surface area (Å²) in [5.74, 6) is 0.623. The number of aryl methyl sites for hydroxylation is 2. The second-order valence-corrected chi connectivity index (χ2v) is 6.53. The minimum atomic E-state index is -0.136. The van der Waals surface area contributed by atoms with Gasteiger partial charge >= 0.3 is 0 Å². The Labute approximate surface area is 152 Å². The van der Waals surface area contributed by atoms with Crippen LogP contribution in [0.4, 0.5) is 0 Å². The summed E-state index contributed by atoms with van der Waals surface area (Å²) < 4.78 is 0. The number of amides is 1. The molecular formula is C21H23N3O2. The van der Waals surface area contributed by atoms with Crippen molar-refractivity contribution in [3.63, 3.8) is 0 Å². The van der Waals surface area contributed by atoms with Crippen molar-refractivity contribution in [1.82, 2.24) is 15.3 Å². The van der Waals surface area contributed by atoms with Crippen LogP contribution in [0, 0.1) is 6.92 Å². The minimum Gasteiger partial charge on any atom is -0.350 e. The van der Waals surface area contributed by atoms with Crippen molar-refractivity contribution < 1.29 is 4.79 Å². The van der Waals surface area contributed by atoms with Crippen molar-refractivity contribution in [3.8, 4) is 0 Å². The molecule has 26 heavy (non-hydrogen) atoms. The molecule has 134 valence electrons. The number of hydrogen-bond acceptors (Lipinski definition) is 3. The van der Waals surface area contributed by atoms with E-state index >= 15 is 0 Å². The van der Waals surface area contributed by atoms with Gasteiger partial charge in [-0.2, -0.15) is 0 Å². The molecule has 0 aliphatic carbocycles. The number of benzene rings is 2. The molecule has 0 aliphatic heterocycles. The molecule has 1 aromatic heterocycles. The number of carbonyl (C=O) groups is 1. The van der Waals surface area contributed by atoms with E-state index in [2.05, 4.69) is 15.3 Å². The van der Waals surface area contributed by atoms with Crippen LogP contribution in [0.5, 0.6) is 0 Å². The Kier molecular flexibility index (Phi) is 5.46. The molecule has 0 bridgehead atoms. The summed E-state index contributed by atoms with van der Waals surface area (Å²) in [6, 6.07) is 15.3. The summed E-state index contributed by atoms with van der Waals surface area (Å²) in [4.78, 5) is 31.5. The standard InChI is InChI=1S/C21H23N3O2/c1-14-8-3-4-9-16(14)15(2)22-20(25)13-7-12-19-23-18-11-6-5-10-17(18)21(26)24-19/h3-6,8-11,15H,7,12-13H2,1-2H3,(H,22,25)(H,23,24,26). The number of carbonyl (C=O) groups excluding carboxylic acids is 1. The van der Waals surface area contributed by atoms with Gasteiger partial charge < -0.3 is 10.3 Å². The van der Waals surface area contributed by atoms with Gasteiger partial charge in [0.2, 0.25) is 5.91 Å². The van der Waals surface area contributed by atoms with Crippen molar-refractivity contribution >= 4 is 16.8 Å². The molecule has 1 heterocycles. The average Bonchev–Trinajstić information content (AvgIpc) is 2.62. The van der Waals surface area contributed by atoms with Gasteiger partial charge in [0.25, 0.3) is 5.56 Å². The maximum Gasteiger partial charge on any atom is 0.258 e. The zero-order valence-electron chi connectivity index (χ0n) is 15.1. The van der Waals surface area contributed by atoms with Gasteiger partial charge in [-0.25, -0.2) is 4.98 Å². The van der Waals surface area contributed by atoms with E-state index in [4.69, 9.17) is 0 Å². The Bertz CT molecular complexity index is 978. The second-order valence-electron chi connectivity index (χ2n) is 6.53. The second kappa shape index (κ2) is 7.95. The number of H-pyrrole nitrogens is 1. The molecule has 1 atom stereocenters. The minimum absolute atomic E-state index is 0.00360. The van der Waals surface area contributed by atoms with E-state index in [0.29, 0.717) is 36.0 Å². The monoisotopic (exact) mass is 349 g/mol. The van der Waals surface area contributed by atoms with Crippen molar-refractivity contribution in [2.75, 3.05) is 0 Å². The zero-order chi connectivity index (χ0) is 18.5. The maximum absolute atomic E-state index is 12.2. The molecule has 0 saturated carbocycles. The highest BCUT2D eigenvalue weighted by molar-refractivity contribution is 5.77. The molecular weight excluding hydrogens is 326 g/mol. The Morgan fingerprint density at radius 2 is 1.88 bits per heavy atom. The highest BCUT2D eigenvalue weighted by atomic mass is 16.1. The third kappa shape index (κ3) is 4.17. The fourth-order valence-electron chi connectivity index (χ4n) is 3.13. The van der Waals surface area contributed by atoms with Crippen molar-refractivity contribution in [2.45, 2.75) is 39.2 Å². The van der Waals surface area contributed by atoms with E-state index in [1.54, 1.807) is 6.07 Å². The molecule has 0 spiro atoms. The fraction of sp³-hybridized carbons (Fsp3) is 0.286. The molecule has 3 rings (SSSR count). The number of fused-ring (bicyclic) bond motifs is 1. The predicted octanol–water partition coefficient (Wildman–Crippen LogP) is 3.43. The van der Waals surface area contributed by atoms with Gasteiger partial charge in [0.15, 0.2) is 0 Å². The first-order chi connectivity index (χ1) is 12.5. The fourth-order valence-corrected chi connectivity index (χ4v) is 3.13. The van der Waals surface area contributed by atoms with Crippen LogP contribution in [0.25, 0.3) is 10.9 Å². The highest BCUT2D eigenvalue weighted by Gasteiger charge is 2.11. The van der Waals surface area contributed by atoms with Crippen LogP contribution in [-0.2, 0) is 11.2 Å². The SMILES string of the molecule is Cc1ccccc1C(C)NC(=O)CCCc1nc2ccccc2c(=O)[nH]1. The molecule has 1 amide bonds. The third-order valence-corrected chi connectivity index (χ3v) is 4.51. The largest absolute Gasteiger partial charge is 0.350 e. The topological polar surface area (TPSA) is 74.8 Å². The lowest BCUT2D eigenvalue weighted by atomic mass is 10.0. The van der Waals surface area contributed by atoms with E-state index in [9.17, 15) is 9.59 Å². The summed E-state index contributed by atoms with van der Waals surface area (Å²) in [5, 5.41) is 3.62. The van der Waals surface area contributed by atoms with E-state index < -0.39 is 0 Å². The summed E-state index contributed by atoms with van der Waals surface area (Å²) in [7, 11) is 0. The molecule has 0 fully saturated rings. The van der Waals surface area contributed by atoms with Gasteiger partial charge in [0, 0.05) is 12.8 Å². The molecule has 0 aliphatic rings. The lowest BCUT2D eigenvalue weighted by molar-refractivity contribution is -0.121. The van der Waals surface area contributed by atoms with Crippen LogP contribution in [0.2, 0.25) is 0 Å². The molecule has 0 saturated heterocycles. The van der Waals surface area contributed by atoms with Crippen LogP contribution < -0.4 is 10.9 Å². The Morgan fingerprint density at radius 1 is 1.15 bits per heavy atom. The number of aromatic nitrogens is 2. The first-order valence-electron chi connectivity index (χ1n) is 8.87. The summed E-state index contributed by atoms with van der Waals surface area (Å²) >= 11 is 0. The van der Waals surface area contributed by atoms with Gasteiger partial charge in [-0.05, 0) is 43.5 Å². The maximum atomic E-state index is 12.2. The number of hydrogen-bond donors (Lipinski definition) is 2. The van der Waals surface area contributed by atoms with Gasteiger partial charge in [-0.3, -0.25) is 9.59 Å². The molecule has 2 N–H and O–H groups in total. The number of rotatable bonds is 6. The summed E-state index contributed by atoms with van der Waals surface area (Å²) in [5.41, 5.74) is 2.84. The van der Waals surface area contributed by atoms with Crippen LogP contribution in [0.3, 0.4) is 0 Å². The lowest BCUT2D eigenvalue weighted by Gasteiger charge is -2.16.